The van der Waals surface area contributed by atoms with Gasteiger partial charge in [0.2, 0.25) is 0 Å². The van der Waals surface area contributed by atoms with Crippen LogP contribution in [0, 0.1) is 0 Å². The molecule has 0 unspecified atom stereocenters. The van der Waals surface area contributed by atoms with Crippen LogP contribution in [0.3, 0.4) is 0 Å². The van der Waals surface area contributed by atoms with Crippen LogP contribution in [0.15, 0.2) is 23.2 Å². The smallest absolute Gasteiger partial charge is 0.405 e. The molecule has 0 saturated carbocycles. The van der Waals surface area contributed by atoms with Crippen molar-refractivity contribution in [3.63, 3.8) is 0 Å². The Bertz CT molecular complexity index is 678. The van der Waals surface area contributed by atoms with Crippen LogP contribution in [0.2, 0.25) is 0 Å². The largest absolute Gasteiger partial charge is 0.443 e. The molecule has 7 nitrogen and oxygen atoms in total. The van der Waals surface area contributed by atoms with Crippen LogP contribution in [-0.4, -0.2) is 39.2 Å². The van der Waals surface area contributed by atoms with Crippen molar-refractivity contribution >= 4 is 33.5 Å². The number of hydrogen-bond donors (Lipinski definition) is 1. The van der Waals surface area contributed by atoms with Crippen LogP contribution >= 0.6 is 15.9 Å². The van der Waals surface area contributed by atoms with Gasteiger partial charge in [0, 0.05) is 38.3 Å². The number of nitrogens with two attached hydrogens (primary N) is 1. The van der Waals surface area contributed by atoms with E-state index < -0.39 is 11.7 Å². The molecular weight excluding hydrogens is 338 g/mol. The molecule has 8 heteroatoms. The highest BCUT2D eigenvalue weighted by molar-refractivity contribution is 9.10. The first kappa shape index (κ1) is 14.1. The van der Waals surface area contributed by atoms with Gasteiger partial charge in [-0.05, 0) is 22.9 Å². The predicted octanol–water partition coefficient (Wildman–Crippen LogP) is 1.95. The second-order valence-corrected chi connectivity index (χ2v) is 6.20. The molecule has 1 aliphatic heterocycles. The van der Waals surface area contributed by atoms with Gasteiger partial charge >= 0.3 is 6.09 Å². The number of carbonyl (C=O) groups excluding carboxylic acids is 1. The number of piperidine rings is 1. The minimum Gasteiger partial charge on any atom is -0.443 e. The Morgan fingerprint density at radius 2 is 2.14 bits per heavy atom. The van der Waals surface area contributed by atoms with Crippen LogP contribution in [-0.2, 0) is 4.74 Å². The van der Waals surface area contributed by atoms with Crippen LogP contribution < -0.4 is 10.6 Å². The lowest BCUT2D eigenvalue weighted by Crippen LogP contribution is -2.46. The normalized spacial score (nSPS) is 17.9. The summed E-state index contributed by atoms with van der Waals surface area (Å²) < 4.78 is 8.05. The summed E-state index contributed by atoms with van der Waals surface area (Å²) in [6.07, 6.45) is 6.07. The average molecular weight is 354 g/mol. The molecule has 2 aromatic heterocycles. The molecule has 0 radical (unpaired) electrons. The Balaban J connectivity index is 1.81. The fraction of sp³-hybridized carbons (Fsp3) is 0.462. The minimum absolute atomic E-state index is 0.497. The summed E-state index contributed by atoms with van der Waals surface area (Å²) >= 11 is 3.45. The number of primary amides is 1. The number of rotatable bonds is 2. The van der Waals surface area contributed by atoms with Gasteiger partial charge < -0.3 is 15.4 Å². The Labute approximate surface area is 130 Å². The number of halogens is 1. The van der Waals surface area contributed by atoms with Gasteiger partial charge in [0.05, 0.1) is 6.20 Å². The van der Waals surface area contributed by atoms with Crippen molar-refractivity contribution in [3.8, 4) is 0 Å². The first-order chi connectivity index (χ1) is 9.98. The first-order valence-electron chi connectivity index (χ1n) is 6.69. The summed E-state index contributed by atoms with van der Waals surface area (Å²) in [5, 5.41) is 0. The highest BCUT2D eigenvalue weighted by atomic mass is 79.9. The van der Waals surface area contributed by atoms with Crippen LogP contribution in [0.5, 0.6) is 0 Å². The van der Waals surface area contributed by atoms with Crippen LogP contribution in [0.1, 0.15) is 19.8 Å². The first-order valence-corrected chi connectivity index (χ1v) is 7.49. The number of ether oxygens (including phenoxy) is 1. The van der Waals surface area contributed by atoms with Crippen LogP contribution in [0.4, 0.5) is 10.6 Å². The summed E-state index contributed by atoms with van der Waals surface area (Å²) in [6.45, 7) is 3.39. The Morgan fingerprint density at radius 3 is 2.81 bits per heavy atom. The zero-order valence-corrected chi connectivity index (χ0v) is 13.2. The highest BCUT2D eigenvalue weighted by Gasteiger charge is 2.34. The fourth-order valence-corrected chi connectivity index (χ4v) is 3.02. The van der Waals surface area contributed by atoms with E-state index >= 15 is 0 Å². The standard InChI is InChI=1S/C13H16BrN5O2/c1-13(21-12(15)20)2-5-18(6-3-13)10-11-17-8-9(14)19(11)7-4-16-10/h4,7-8H,2-3,5-6H2,1H3,(H2,15,20). The molecular formula is C13H16BrN5O2. The van der Waals surface area contributed by atoms with E-state index in [4.69, 9.17) is 10.5 Å². The molecule has 21 heavy (non-hydrogen) atoms. The maximum Gasteiger partial charge on any atom is 0.405 e. The minimum atomic E-state index is -0.719. The SMILES string of the molecule is CC1(OC(N)=O)CCN(c2nccn3c(Br)cnc23)CC1. The van der Waals surface area contributed by atoms with E-state index in [0.29, 0.717) is 12.8 Å². The third-order valence-corrected chi connectivity index (χ3v) is 4.42. The van der Waals surface area contributed by atoms with E-state index in [2.05, 4.69) is 30.8 Å². The summed E-state index contributed by atoms with van der Waals surface area (Å²) in [4.78, 5) is 21.9. The summed E-state index contributed by atoms with van der Waals surface area (Å²) in [5.41, 5.74) is 5.44. The van der Waals surface area contributed by atoms with Gasteiger partial charge in [0.15, 0.2) is 11.5 Å². The van der Waals surface area contributed by atoms with E-state index in [9.17, 15) is 4.79 Å². The van der Waals surface area contributed by atoms with Crippen LogP contribution in [0.25, 0.3) is 5.65 Å². The zero-order valence-electron chi connectivity index (χ0n) is 11.6. The Morgan fingerprint density at radius 1 is 1.43 bits per heavy atom. The third-order valence-electron chi connectivity index (χ3n) is 3.83. The molecule has 1 aliphatic rings. The predicted molar refractivity (Wildman–Crippen MR) is 81.2 cm³/mol. The molecule has 1 fully saturated rings. The molecule has 1 saturated heterocycles. The molecule has 3 heterocycles. The summed E-state index contributed by atoms with van der Waals surface area (Å²) in [7, 11) is 0. The fourth-order valence-electron chi connectivity index (χ4n) is 2.64. The number of amides is 1. The van der Waals surface area contributed by atoms with Crippen molar-refractivity contribution in [3.05, 3.63) is 23.2 Å². The van der Waals surface area contributed by atoms with Gasteiger partial charge in [-0.15, -0.1) is 0 Å². The van der Waals surface area contributed by atoms with Gasteiger partial charge in [0.25, 0.3) is 0 Å². The van der Waals surface area contributed by atoms with E-state index in [1.165, 1.54) is 0 Å². The van der Waals surface area contributed by atoms with Gasteiger partial charge in [-0.25, -0.2) is 14.8 Å². The maximum atomic E-state index is 11.0. The van der Waals surface area contributed by atoms with Crippen molar-refractivity contribution < 1.29 is 9.53 Å². The van der Waals surface area contributed by atoms with Gasteiger partial charge in [-0.2, -0.15) is 0 Å². The van der Waals surface area contributed by atoms with Crippen molar-refractivity contribution in [1.29, 1.82) is 0 Å². The van der Waals surface area contributed by atoms with Crippen molar-refractivity contribution in [1.82, 2.24) is 14.4 Å². The summed E-state index contributed by atoms with van der Waals surface area (Å²) in [5.74, 6) is 0.837. The molecule has 0 atom stereocenters. The number of nitrogens with zero attached hydrogens (tertiary/aromatic N) is 4. The monoisotopic (exact) mass is 353 g/mol. The Hall–Kier alpha value is -1.83. The number of aromatic nitrogens is 3. The number of carbonyl (C=O) groups is 1. The van der Waals surface area contributed by atoms with Gasteiger partial charge in [0.1, 0.15) is 10.2 Å². The molecule has 0 aliphatic carbocycles. The molecule has 1 amide bonds. The van der Waals surface area contributed by atoms with Gasteiger partial charge in [-0.3, -0.25) is 4.40 Å². The maximum absolute atomic E-state index is 11.0. The van der Waals surface area contributed by atoms with E-state index in [1.807, 2.05) is 17.5 Å². The van der Waals surface area contributed by atoms with E-state index in [-0.39, 0.29) is 0 Å². The molecule has 3 rings (SSSR count). The van der Waals surface area contributed by atoms with Gasteiger partial charge in [-0.1, -0.05) is 0 Å². The second-order valence-electron chi connectivity index (χ2n) is 5.38. The topological polar surface area (TPSA) is 85.8 Å². The molecule has 112 valence electrons. The number of imidazole rings is 1. The Kier molecular flexibility index (Phi) is 3.48. The van der Waals surface area contributed by atoms with Crippen molar-refractivity contribution in [2.45, 2.75) is 25.4 Å². The summed E-state index contributed by atoms with van der Waals surface area (Å²) in [6, 6.07) is 0. The lowest BCUT2D eigenvalue weighted by molar-refractivity contribution is 0.0126. The highest BCUT2D eigenvalue weighted by Crippen LogP contribution is 2.30. The van der Waals surface area contributed by atoms with E-state index in [0.717, 1.165) is 29.2 Å². The lowest BCUT2D eigenvalue weighted by atomic mass is 9.93. The molecule has 0 bridgehead atoms. The average Bonchev–Trinajstić information content (AvgIpc) is 2.81. The molecule has 2 aromatic rings. The molecule has 0 aromatic carbocycles. The quantitative estimate of drug-likeness (QED) is 0.891. The third kappa shape index (κ3) is 2.67. The number of hydrogen-bond acceptors (Lipinski definition) is 5. The van der Waals surface area contributed by atoms with Crippen molar-refractivity contribution in [2.24, 2.45) is 5.73 Å². The number of anilines is 1. The number of fused-ring (bicyclic) bond motifs is 1. The van der Waals surface area contributed by atoms with E-state index in [1.54, 1.807) is 12.4 Å². The zero-order chi connectivity index (χ0) is 15.0. The second kappa shape index (κ2) is 5.18. The van der Waals surface area contributed by atoms with Crippen molar-refractivity contribution in [2.75, 3.05) is 18.0 Å². The lowest BCUT2D eigenvalue weighted by Gasteiger charge is -2.38. The molecule has 2 N–H and O–H groups in total. The molecule has 0 spiro atoms.